The highest BCUT2D eigenvalue weighted by atomic mass is 16.5. The van der Waals surface area contributed by atoms with Gasteiger partial charge in [-0.15, -0.1) is 0 Å². The summed E-state index contributed by atoms with van der Waals surface area (Å²) in [6, 6.07) is 16.8. The van der Waals surface area contributed by atoms with Crippen LogP contribution in [0, 0.1) is 0 Å². The number of nitrogens with two attached hydrogens (primary N) is 1. The van der Waals surface area contributed by atoms with Crippen molar-refractivity contribution >= 4 is 27.6 Å². The Morgan fingerprint density at radius 1 is 1.06 bits per heavy atom. The number of rotatable bonds is 6. The zero-order valence-electron chi connectivity index (χ0n) is 17.7. The first-order chi connectivity index (χ1) is 15.2. The Hall–Kier alpha value is -3.16. The molecule has 2 aromatic heterocycles. The van der Waals surface area contributed by atoms with Crippen molar-refractivity contribution in [2.24, 2.45) is 5.73 Å². The Morgan fingerprint density at radius 3 is 2.77 bits per heavy atom. The second-order valence-corrected chi connectivity index (χ2v) is 7.95. The standard InChI is InChI=1S/C24H27N5O2/c1-30-13-14-31-19-6-7-21-20(15-19)26-16-29(21)23-8-5-17-3-2-4-22(24(17)27-23)28-11-9-18(25)10-12-28/h2-8,15-16,18H,9-14,25H2,1H3. The predicted octanol–water partition coefficient (Wildman–Crippen LogP) is 3.53. The Balaban J connectivity index is 1.50. The van der Waals surface area contributed by atoms with E-state index < -0.39 is 0 Å². The van der Waals surface area contributed by atoms with Gasteiger partial charge in [-0.2, -0.15) is 0 Å². The summed E-state index contributed by atoms with van der Waals surface area (Å²) in [6.07, 6.45) is 3.84. The maximum atomic E-state index is 6.11. The van der Waals surface area contributed by atoms with Crippen LogP contribution in [-0.4, -0.2) is 54.0 Å². The van der Waals surface area contributed by atoms with Crippen LogP contribution in [0.4, 0.5) is 5.69 Å². The van der Waals surface area contributed by atoms with Crippen LogP contribution in [0.3, 0.4) is 0 Å². The van der Waals surface area contributed by atoms with Gasteiger partial charge in [-0.3, -0.25) is 4.57 Å². The van der Waals surface area contributed by atoms with E-state index in [0.717, 1.165) is 59.4 Å². The lowest BCUT2D eigenvalue weighted by atomic mass is 10.0. The number of ether oxygens (including phenoxy) is 2. The zero-order valence-corrected chi connectivity index (χ0v) is 17.7. The number of pyridine rings is 1. The minimum atomic E-state index is 0.301. The molecule has 2 N–H and O–H groups in total. The lowest BCUT2D eigenvalue weighted by molar-refractivity contribution is 0.146. The van der Waals surface area contributed by atoms with E-state index in [4.69, 9.17) is 20.2 Å². The van der Waals surface area contributed by atoms with Crippen LogP contribution in [-0.2, 0) is 4.74 Å². The van der Waals surface area contributed by atoms with Crippen molar-refractivity contribution in [1.82, 2.24) is 14.5 Å². The second kappa shape index (κ2) is 8.53. The van der Waals surface area contributed by atoms with E-state index in [1.165, 1.54) is 5.69 Å². The highest BCUT2D eigenvalue weighted by molar-refractivity contribution is 5.92. The monoisotopic (exact) mass is 417 g/mol. The van der Waals surface area contributed by atoms with E-state index in [2.05, 4.69) is 34.1 Å². The van der Waals surface area contributed by atoms with Gasteiger partial charge in [-0.25, -0.2) is 9.97 Å². The molecule has 5 rings (SSSR count). The molecule has 0 saturated carbocycles. The summed E-state index contributed by atoms with van der Waals surface area (Å²) in [5, 5.41) is 1.13. The van der Waals surface area contributed by atoms with Crippen LogP contribution in [0.15, 0.2) is 54.9 Å². The smallest absolute Gasteiger partial charge is 0.139 e. The molecule has 1 fully saturated rings. The van der Waals surface area contributed by atoms with Gasteiger partial charge < -0.3 is 20.1 Å². The van der Waals surface area contributed by atoms with Crippen molar-refractivity contribution in [1.29, 1.82) is 0 Å². The molecule has 1 aliphatic heterocycles. The molecule has 7 nitrogen and oxygen atoms in total. The largest absolute Gasteiger partial charge is 0.491 e. The summed E-state index contributed by atoms with van der Waals surface area (Å²) >= 11 is 0. The molecule has 0 bridgehead atoms. The van der Waals surface area contributed by atoms with E-state index in [-0.39, 0.29) is 0 Å². The first kappa shape index (κ1) is 19.8. The lowest BCUT2D eigenvalue weighted by Gasteiger charge is -2.32. The molecule has 4 aromatic rings. The molecule has 0 amide bonds. The summed E-state index contributed by atoms with van der Waals surface area (Å²) in [6.45, 7) is 3.00. The van der Waals surface area contributed by atoms with Gasteiger partial charge in [0.25, 0.3) is 0 Å². The van der Waals surface area contributed by atoms with E-state index in [0.29, 0.717) is 19.3 Å². The molecule has 1 aliphatic rings. The highest BCUT2D eigenvalue weighted by Crippen LogP contribution is 2.29. The third-order valence-electron chi connectivity index (χ3n) is 5.89. The summed E-state index contributed by atoms with van der Waals surface area (Å²) in [5.41, 5.74) is 10.2. The molecule has 160 valence electrons. The van der Waals surface area contributed by atoms with Gasteiger partial charge >= 0.3 is 0 Å². The van der Waals surface area contributed by atoms with Crippen molar-refractivity contribution in [3.05, 3.63) is 54.9 Å². The predicted molar refractivity (Wildman–Crippen MR) is 123 cm³/mol. The van der Waals surface area contributed by atoms with E-state index >= 15 is 0 Å². The maximum Gasteiger partial charge on any atom is 0.139 e. The summed E-state index contributed by atoms with van der Waals surface area (Å²) in [5.74, 6) is 1.64. The molecule has 0 spiro atoms. The van der Waals surface area contributed by atoms with Gasteiger partial charge in [0.05, 0.1) is 28.8 Å². The van der Waals surface area contributed by atoms with Crippen LogP contribution in [0.1, 0.15) is 12.8 Å². The number of piperidine rings is 1. The topological polar surface area (TPSA) is 78.4 Å². The van der Waals surface area contributed by atoms with E-state index in [1.807, 2.05) is 35.2 Å². The molecule has 1 saturated heterocycles. The van der Waals surface area contributed by atoms with Crippen molar-refractivity contribution < 1.29 is 9.47 Å². The number of fused-ring (bicyclic) bond motifs is 2. The molecule has 0 atom stereocenters. The van der Waals surface area contributed by atoms with Crippen LogP contribution >= 0.6 is 0 Å². The minimum Gasteiger partial charge on any atom is -0.491 e. The van der Waals surface area contributed by atoms with Crippen molar-refractivity contribution in [2.75, 3.05) is 38.3 Å². The highest BCUT2D eigenvalue weighted by Gasteiger charge is 2.19. The third-order valence-corrected chi connectivity index (χ3v) is 5.89. The molecule has 2 aromatic carbocycles. The normalized spacial score (nSPS) is 15.1. The molecule has 31 heavy (non-hydrogen) atoms. The van der Waals surface area contributed by atoms with Crippen LogP contribution in [0.5, 0.6) is 5.75 Å². The molecule has 7 heteroatoms. The number of benzene rings is 2. The summed E-state index contributed by atoms with van der Waals surface area (Å²) in [7, 11) is 1.66. The SMILES string of the molecule is COCCOc1ccc2c(c1)ncn2-c1ccc2cccc(N3CCC(N)CC3)c2n1. The number of aromatic nitrogens is 3. The minimum absolute atomic E-state index is 0.301. The number of anilines is 1. The van der Waals surface area contributed by atoms with Gasteiger partial charge in [-0.05, 0) is 43.2 Å². The number of hydrogen-bond donors (Lipinski definition) is 1. The van der Waals surface area contributed by atoms with Crippen molar-refractivity contribution in [3.8, 4) is 11.6 Å². The fraction of sp³-hybridized carbons (Fsp3) is 0.333. The number of imidazole rings is 1. The number of hydrogen-bond acceptors (Lipinski definition) is 6. The fourth-order valence-corrected chi connectivity index (χ4v) is 4.16. The Bertz CT molecular complexity index is 1200. The van der Waals surface area contributed by atoms with Crippen LogP contribution in [0.25, 0.3) is 27.8 Å². The molecule has 0 radical (unpaired) electrons. The van der Waals surface area contributed by atoms with Gasteiger partial charge in [0.2, 0.25) is 0 Å². The van der Waals surface area contributed by atoms with Crippen LogP contribution in [0.2, 0.25) is 0 Å². The Kier molecular flexibility index (Phi) is 5.44. The molecule has 0 aliphatic carbocycles. The van der Waals surface area contributed by atoms with Crippen LogP contribution < -0.4 is 15.4 Å². The third kappa shape index (κ3) is 3.94. The van der Waals surface area contributed by atoms with Crippen molar-refractivity contribution in [3.63, 3.8) is 0 Å². The quantitative estimate of drug-likeness (QED) is 0.484. The Morgan fingerprint density at radius 2 is 1.94 bits per heavy atom. The zero-order chi connectivity index (χ0) is 21.2. The number of methoxy groups -OCH3 is 1. The van der Waals surface area contributed by atoms with Crippen molar-refractivity contribution in [2.45, 2.75) is 18.9 Å². The first-order valence-corrected chi connectivity index (χ1v) is 10.7. The molecule has 0 unspecified atom stereocenters. The van der Waals surface area contributed by atoms with Gasteiger partial charge in [0, 0.05) is 37.7 Å². The van der Waals surface area contributed by atoms with E-state index in [9.17, 15) is 0 Å². The molecule has 3 heterocycles. The maximum absolute atomic E-state index is 6.11. The number of nitrogens with zero attached hydrogens (tertiary/aromatic N) is 4. The van der Waals surface area contributed by atoms with E-state index in [1.54, 1.807) is 7.11 Å². The lowest BCUT2D eigenvalue weighted by Crippen LogP contribution is -2.39. The fourth-order valence-electron chi connectivity index (χ4n) is 4.16. The van der Waals surface area contributed by atoms with Gasteiger partial charge in [0.15, 0.2) is 0 Å². The summed E-state index contributed by atoms with van der Waals surface area (Å²) in [4.78, 5) is 12.0. The molecular formula is C24H27N5O2. The number of para-hydroxylation sites is 1. The Labute approximate surface area is 181 Å². The summed E-state index contributed by atoms with van der Waals surface area (Å²) < 4.78 is 12.8. The van der Waals surface area contributed by atoms with Gasteiger partial charge in [-0.1, -0.05) is 12.1 Å². The first-order valence-electron chi connectivity index (χ1n) is 10.7. The average Bonchev–Trinajstić information content (AvgIpc) is 3.22. The average molecular weight is 418 g/mol. The van der Waals surface area contributed by atoms with Gasteiger partial charge in [0.1, 0.15) is 24.5 Å². The molecular weight excluding hydrogens is 390 g/mol. The second-order valence-electron chi connectivity index (χ2n) is 7.95.